The summed E-state index contributed by atoms with van der Waals surface area (Å²) in [6, 6.07) is 8.78. The molecule has 6 nitrogen and oxygen atoms in total. The van der Waals surface area contributed by atoms with Crippen molar-refractivity contribution in [3.8, 4) is 5.69 Å². The number of pyridine rings is 1. The van der Waals surface area contributed by atoms with Crippen molar-refractivity contribution in [1.82, 2.24) is 9.55 Å². The number of nitrogens with zero attached hydrogens (tertiary/aromatic N) is 4. The van der Waals surface area contributed by atoms with E-state index in [1.807, 2.05) is 19.0 Å². The van der Waals surface area contributed by atoms with E-state index in [4.69, 9.17) is 11.6 Å². The summed E-state index contributed by atoms with van der Waals surface area (Å²) < 4.78 is 3.00. The van der Waals surface area contributed by atoms with Crippen LogP contribution in [-0.2, 0) is 0 Å². The lowest BCUT2D eigenvalue weighted by molar-refractivity contribution is -0.883. The normalized spacial score (nSPS) is 11.3. The van der Waals surface area contributed by atoms with Crippen LogP contribution in [0.3, 0.4) is 0 Å². The Bertz CT molecular complexity index is 1170. The molecule has 0 atom stereocenters. The van der Waals surface area contributed by atoms with Gasteiger partial charge in [-0.15, -0.1) is 0 Å². The number of aromatic nitrogens is 3. The average molecular weight is 374 g/mol. The highest BCUT2D eigenvalue weighted by Gasteiger charge is 2.23. The van der Waals surface area contributed by atoms with Crippen molar-refractivity contribution in [2.24, 2.45) is 0 Å². The minimum absolute atomic E-state index is 0.182. The van der Waals surface area contributed by atoms with Crippen LogP contribution in [0.15, 0.2) is 47.7 Å². The van der Waals surface area contributed by atoms with Gasteiger partial charge in [-0.3, -0.25) is 14.6 Å². The van der Waals surface area contributed by atoms with E-state index in [9.17, 15) is 10.0 Å². The first-order chi connectivity index (χ1) is 12.0. The Labute approximate surface area is 151 Å². The van der Waals surface area contributed by atoms with Gasteiger partial charge in [0.25, 0.3) is 5.56 Å². The van der Waals surface area contributed by atoms with Gasteiger partial charge in [0, 0.05) is 29.9 Å². The molecule has 4 rings (SSSR count). The fourth-order valence-electron chi connectivity index (χ4n) is 2.80. The largest absolute Gasteiger partial charge is 0.377 e. The van der Waals surface area contributed by atoms with E-state index < -0.39 is 0 Å². The molecule has 126 valence electrons. The lowest BCUT2D eigenvalue weighted by Crippen LogP contribution is -2.29. The summed E-state index contributed by atoms with van der Waals surface area (Å²) in [7, 11) is 3.82. The molecule has 0 fully saturated rings. The zero-order chi connectivity index (χ0) is 17.7. The molecule has 3 heterocycles. The third kappa shape index (κ3) is 2.43. The Morgan fingerprint density at radius 1 is 1.24 bits per heavy atom. The first-order valence-electron chi connectivity index (χ1n) is 7.48. The van der Waals surface area contributed by atoms with Crippen LogP contribution in [0, 0.1) is 0 Å². The first kappa shape index (κ1) is 15.9. The molecule has 8 heteroatoms. The molecule has 3 aromatic heterocycles. The predicted molar refractivity (Wildman–Crippen MR) is 99.4 cm³/mol. The molecule has 0 radical (unpaired) electrons. The summed E-state index contributed by atoms with van der Waals surface area (Å²) in [6.45, 7) is 0. The zero-order valence-corrected chi connectivity index (χ0v) is 15.0. The molecule has 1 aromatic carbocycles. The van der Waals surface area contributed by atoms with E-state index in [1.165, 1.54) is 22.2 Å². The van der Waals surface area contributed by atoms with Crippen LogP contribution in [0.5, 0.6) is 0 Å². The molecule has 25 heavy (non-hydrogen) atoms. The number of anilines is 1. The molecule has 0 saturated heterocycles. The summed E-state index contributed by atoms with van der Waals surface area (Å²) in [4.78, 5) is 20.0. The summed E-state index contributed by atoms with van der Waals surface area (Å²) in [5, 5.41) is 11.5. The topological polar surface area (TPSA) is 62.2 Å². The fraction of sp³-hybridized carbons (Fsp3) is 0.118. The molecular formula is C17H14ClN4O2S+. The molecule has 0 amide bonds. The SMILES string of the molecule is CN(C)c1cc[n+](O)c2sc3c(=O)n(-c4ccc(Cl)cc4)cnc3c12. The van der Waals surface area contributed by atoms with Gasteiger partial charge >= 0.3 is 4.83 Å². The van der Waals surface area contributed by atoms with Gasteiger partial charge in [0.1, 0.15) is 21.9 Å². The highest BCUT2D eigenvalue weighted by molar-refractivity contribution is 7.25. The summed E-state index contributed by atoms with van der Waals surface area (Å²) >= 11 is 7.14. The summed E-state index contributed by atoms with van der Waals surface area (Å²) in [5.41, 5.74) is 1.98. The quantitative estimate of drug-likeness (QED) is 0.433. The Hall–Kier alpha value is -2.64. The second kappa shape index (κ2) is 5.72. The molecule has 0 spiro atoms. The Kier molecular flexibility index (Phi) is 3.63. The van der Waals surface area contributed by atoms with Crippen LogP contribution in [-0.4, -0.2) is 28.9 Å². The third-order valence-electron chi connectivity index (χ3n) is 4.00. The molecule has 0 aliphatic rings. The van der Waals surface area contributed by atoms with Gasteiger partial charge in [-0.2, -0.15) is 0 Å². The maximum Gasteiger partial charge on any atom is 0.324 e. The van der Waals surface area contributed by atoms with Crippen molar-refractivity contribution in [2.75, 3.05) is 19.0 Å². The molecule has 0 bridgehead atoms. The van der Waals surface area contributed by atoms with Gasteiger partial charge in [0.05, 0.1) is 11.4 Å². The van der Waals surface area contributed by atoms with E-state index in [2.05, 4.69) is 4.98 Å². The van der Waals surface area contributed by atoms with Crippen molar-refractivity contribution in [3.63, 3.8) is 0 Å². The maximum atomic E-state index is 13.0. The first-order valence-corrected chi connectivity index (χ1v) is 8.68. The lowest BCUT2D eigenvalue weighted by Gasteiger charge is -2.11. The Morgan fingerprint density at radius 2 is 1.96 bits per heavy atom. The van der Waals surface area contributed by atoms with Gasteiger partial charge in [0.2, 0.25) is 6.20 Å². The van der Waals surface area contributed by atoms with Crippen molar-refractivity contribution in [3.05, 3.63) is 58.2 Å². The second-order valence-corrected chi connectivity index (χ2v) is 7.23. The highest BCUT2D eigenvalue weighted by atomic mass is 35.5. The molecule has 0 unspecified atom stereocenters. The van der Waals surface area contributed by atoms with Gasteiger partial charge in [-0.1, -0.05) is 22.9 Å². The van der Waals surface area contributed by atoms with Gasteiger partial charge < -0.3 is 4.90 Å². The molecule has 4 aromatic rings. The van der Waals surface area contributed by atoms with Crippen LogP contribution in [0.2, 0.25) is 5.02 Å². The van der Waals surface area contributed by atoms with Crippen molar-refractivity contribution < 1.29 is 9.94 Å². The van der Waals surface area contributed by atoms with Crippen LogP contribution >= 0.6 is 22.9 Å². The van der Waals surface area contributed by atoms with Crippen molar-refractivity contribution >= 4 is 49.1 Å². The smallest absolute Gasteiger partial charge is 0.324 e. The standard InChI is InChI=1S/C17H14ClN4O2S/c1-20(2)12-7-8-22(24)17-13(12)14-15(25-17)16(23)21(9-19-14)11-5-3-10(18)4-6-11/h3-9,24H,1-2H3/q+1. The van der Waals surface area contributed by atoms with Crippen LogP contribution in [0.4, 0.5) is 5.69 Å². The number of hydrogen-bond acceptors (Lipinski definition) is 5. The molecule has 0 saturated carbocycles. The molecule has 0 aliphatic heterocycles. The third-order valence-corrected chi connectivity index (χ3v) is 5.41. The van der Waals surface area contributed by atoms with Gasteiger partial charge in [0.15, 0.2) is 0 Å². The Balaban J connectivity index is 2.07. The fourth-order valence-corrected chi connectivity index (χ4v) is 4.01. The molecule has 1 N–H and O–H groups in total. The van der Waals surface area contributed by atoms with E-state index in [0.717, 1.165) is 15.8 Å². The Morgan fingerprint density at radius 3 is 2.64 bits per heavy atom. The van der Waals surface area contributed by atoms with Gasteiger partial charge in [-0.25, -0.2) is 4.98 Å². The monoisotopic (exact) mass is 373 g/mol. The molecule has 0 aliphatic carbocycles. The minimum atomic E-state index is -0.182. The number of thiophene rings is 1. The van der Waals surface area contributed by atoms with E-state index in [-0.39, 0.29) is 5.56 Å². The van der Waals surface area contributed by atoms with E-state index in [1.54, 1.807) is 36.5 Å². The number of rotatable bonds is 2. The second-order valence-electron chi connectivity index (χ2n) is 5.80. The number of fused-ring (bicyclic) bond motifs is 3. The number of benzene rings is 1. The number of hydrogen-bond donors (Lipinski definition) is 1. The van der Waals surface area contributed by atoms with Crippen LogP contribution in [0.1, 0.15) is 0 Å². The predicted octanol–water partition coefficient (Wildman–Crippen LogP) is 2.84. The zero-order valence-electron chi connectivity index (χ0n) is 13.5. The van der Waals surface area contributed by atoms with Crippen molar-refractivity contribution in [2.45, 2.75) is 0 Å². The van der Waals surface area contributed by atoms with Crippen LogP contribution < -0.4 is 15.2 Å². The maximum absolute atomic E-state index is 13.0. The lowest BCUT2D eigenvalue weighted by atomic mass is 10.2. The van der Waals surface area contributed by atoms with Crippen LogP contribution in [0.25, 0.3) is 26.1 Å². The van der Waals surface area contributed by atoms with Crippen molar-refractivity contribution in [1.29, 1.82) is 0 Å². The summed E-state index contributed by atoms with van der Waals surface area (Å²) in [6.07, 6.45) is 3.07. The average Bonchev–Trinajstić information content (AvgIpc) is 2.98. The minimum Gasteiger partial charge on any atom is -0.377 e. The van der Waals surface area contributed by atoms with Gasteiger partial charge in [-0.05, 0) is 24.3 Å². The summed E-state index contributed by atoms with van der Waals surface area (Å²) in [5.74, 6) is 0. The van der Waals surface area contributed by atoms with E-state index >= 15 is 0 Å². The number of halogens is 1. The van der Waals surface area contributed by atoms with E-state index in [0.29, 0.717) is 25.8 Å². The molecular weight excluding hydrogens is 360 g/mol. The highest BCUT2D eigenvalue weighted by Crippen LogP contribution is 2.34.